The second kappa shape index (κ2) is 10.9. The topological polar surface area (TPSA) is 86.7 Å². The second-order valence-corrected chi connectivity index (χ2v) is 11.9. The van der Waals surface area contributed by atoms with E-state index in [9.17, 15) is 13.2 Å². The van der Waals surface area contributed by atoms with Gasteiger partial charge in [0.1, 0.15) is 0 Å². The van der Waals surface area contributed by atoms with Crippen molar-refractivity contribution >= 4 is 45.0 Å². The predicted octanol–water partition coefficient (Wildman–Crippen LogP) is 4.34. The summed E-state index contributed by atoms with van der Waals surface area (Å²) in [6, 6.07) is 17.2. The van der Waals surface area contributed by atoms with Crippen molar-refractivity contribution in [2.24, 2.45) is 0 Å². The maximum absolute atomic E-state index is 13.3. The van der Waals surface area contributed by atoms with Gasteiger partial charge in [-0.3, -0.25) is 4.79 Å². The summed E-state index contributed by atoms with van der Waals surface area (Å²) < 4.78 is 27.9. The Morgan fingerprint density at radius 3 is 2.35 bits per heavy atom. The molecule has 0 spiro atoms. The largest absolute Gasteiger partial charge is 0.353 e. The molecule has 1 saturated heterocycles. The zero-order valence-corrected chi connectivity index (χ0v) is 22.5. The fourth-order valence-electron chi connectivity index (χ4n) is 4.45. The second-order valence-electron chi connectivity index (χ2n) is 9.21. The number of aromatic nitrogens is 2. The highest BCUT2D eigenvalue weighted by Gasteiger charge is 2.40. The molecule has 2 aliphatic rings. The zero-order chi connectivity index (χ0) is 26.0. The zero-order valence-electron chi connectivity index (χ0n) is 20.1. The molecule has 1 aliphatic heterocycles. The minimum Gasteiger partial charge on any atom is -0.353 e. The normalized spacial score (nSPS) is 16.6. The molecule has 1 amide bonds. The monoisotopic (exact) mass is 559 g/mol. The molecule has 1 aromatic heterocycles. The number of nitrogens with zero attached hydrogens (tertiary/aromatic N) is 5. The Hall–Kier alpha value is -2.72. The first kappa shape index (κ1) is 25.9. The molecule has 194 valence electrons. The Labute approximate surface area is 226 Å². The van der Waals surface area contributed by atoms with Crippen LogP contribution < -0.4 is 4.90 Å². The van der Waals surface area contributed by atoms with Gasteiger partial charge in [0, 0.05) is 42.8 Å². The number of amides is 1. The Morgan fingerprint density at radius 1 is 0.919 bits per heavy atom. The van der Waals surface area contributed by atoms with Crippen molar-refractivity contribution in [3.05, 3.63) is 70.7 Å². The SMILES string of the molecule is O=C(CN(C1CC1)S(=O)(=O)c1ccc(Cl)cc1)N1CCCN(c2ccc(-c3ccccc3Cl)nn2)CC1. The fraction of sp³-hybridized carbons (Fsp3) is 0.346. The third-order valence-electron chi connectivity index (χ3n) is 6.64. The van der Waals surface area contributed by atoms with Crippen molar-refractivity contribution in [2.75, 3.05) is 37.6 Å². The molecule has 0 unspecified atom stereocenters. The molecule has 2 fully saturated rings. The van der Waals surface area contributed by atoms with E-state index < -0.39 is 10.0 Å². The van der Waals surface area contributed by atoms with Gasteiger partial charge in [-0.1, -0.05) is 41.4 Å². The van der Waals surface area contributed by atoms with Crippen LogP contribution in [0.5, 0.6) is 0 Å². The first-order valence-corrected chi connectivity index (χ1v) is 14.4. The van der Waals surface area contributed by atoms with Crippen LogP contribution >= 0.6 is 23.2 Å². The molecule has 2 aromatic carbocycles. The van der Waals surface area contributed by atoms with Gasteiger partial charge in [-0.25, -0.2) is 8.42 Å². The molecule has 5 rings (SSSR count). The van der Waals surface area contributed by atoms with E-state index in [1.54, 1.807) is 17.0 Å². The van der Waals surface area contributed by atoms with E-state index in [4.69, 9.17) is 23.2 Å². The van der Waals surface area contributed by atoms with Gasteiger partial charge >= 0.3 is 0 Å². The summed E-state index contributed by atoms with van der Waals surface area (Å²) in [6.45, 7) is 2.17. The lowest BCUT2D eigenvalue weighted by Gasteiger charge is -2.26. The molecular formula is C26H27Cl2N5O3S. The number of anilines is 1. The number of rotatable bonds is 7. The number of halogens is 2. The van der Waals surface area contributed by atoms with Crippen LogP contribution in [0, 0.1) is 0 Å². The van der Waals surface area contributed by atoms with Crippen LogP contribution in [0.25, 0.3) is 11.3 Å². The van der Waals surface area contributed by atoms with Crippen LogP contribution in [0.2, 0.25) is 10.0 Å². The summed E-state index contributed by atoms with van der Waals surface area (Å²) in [7, 11) is -3.79. The van der Waals surface area contributed by atoms with E-state index >= 15 is 0 Å². The van der Waals surface area contributed by atoms with Gasteiger partial charge in [-0.05, 0) is 61.7 Å². The Kier molecular flexibility index (Phi) is 7.67. The molecule has 37 heavy (non-hydrogen) atoms. The number of benzene rings is 2. The molecule has 8 nitrogen and oxygen atoms in total. The smallest absolute Gasteiger partial charge is 0.243 e. The van der Waals surface area contributed by atoms with E-state index in [-0.39, 0.29) is 23.4 Å². The maximum atomic E-state index is 13.3. The lowest BCUT2D eigenvalue weighted by Crippen LogP contribution is -2.45. The van der Waals surface area contributed by atoms with Crippen molar-refractivity contribution in [3.8, 4) is 11.3 Å². The van der Waals surface area contributed by atoms with Gasteiger partial charge in [0.05, 0.1) is 22.2 Å². The van der Waals surface area contributed by atoms with Gasteiger partial charge in [0.15, 0.2) is 5.82 Å². The number of hydrogen-bond donors (Lipinski definition) is 0. The summed E-state index contributed by atoms with van der Waals surface area (Å²) >= 11 is 12.2. The van der Waals surface area contributed by atoms with Gasteiger partial charge in [-0.15, -0.1) is 10.2 Å². The highest BCUT2D eigenvalue weighted by Crippen LogP contribution is 2.32. The Morgan fingerprint density at radius 2 is 1.68 bits per heavy atom. The molecule has 1 saturated carbocycles. The highest BCUT2D eigenvalue weighted by molar-refractivity contribution is 7.89. The minimum absolute atomic E-state index is 0.139. The maximum Gasteiger partial charge on any atom is 0.243 e. The molecule has 0 radical (unpaired) electrons. The number of sulfonamides is 1. The van der Waals surface area contributed by atoms with Crippen LogP contribution in [-0.2, 0) is 14.8 Å². The quantitative estimate of drug-likeness (QED) is 0.428. The predicted molar refractivity (Wildman–Crippen MR) is 144 cm³/mol. The van der Waals surface area contributed by atoms with E-state index in [1.807, 2.05) is 36.4 Å². The molecular weight excluding hydrogens is 533 g/mol. The van der Waals surface area contributed by atoms with Gasteiger partial charge in [0.25, 0.3) is 0 Å². The van der Waals surface area contributed by atoms with Crippen LogP contribution in [-0.4, -0.2) is 72.5 Å². The standard InChI is InChI=1S/C26H27Cl2N5O3S/c27-19-6-10-21(11-7-19)37(35,36)33(20-8-9-20)18-26(34)32-15-3-14-31(16-17-32)25-13-12-24(29-30-25)22-4-1-2-5-23(22)28/h1-2,4-7,10-13,20H,3,8-9,14-18H2. The number of hydrogen-bond acceptors (Lipinski definition) is 6. The van der Waals surface area contributed by atoms with Crippen molar-refractivity contribution in [1.82, 2.24) is 19.4 Å². The lowest BCUT2D eigenvalue weighted by molar-refractivity contribution is -0.131. The third-order valence-corrected chi connectivity index (χ3v) is 9.13. The molecule has 3 aromatic rings. The summed E-state index contributed by atoms with van der Waals surface area (Å²) in [5.74, 6) is 0.543. The van der Waals surface area contributed by atoms with Crippen LogP contribution in [0.1, 0.15) is 19.3 Å². The van der Waals surface area contributed by atoms with Gasteiger partial charge in [0.2, 0.25) is 15.9 Å². The van der Waals surface area contributed by atoms with E-state index in [2.05, 4.69) is 15.1 Å². The van der Waals surface area contributed by atoms with Gasteiger partial charge in [-0.2, -0.15) is 4.31 Å². The third kappa shape index (κ3) is 5.90. The number of carbonyl (C=O) groups excluding carboxylic acids is 1. The average molecular weight is 561 g/mol. The molecule has 0 atom stereocenters. The van der Waals surface area contributed by atoms with Crippen LogP contribution in [0.4, 0.5) is 5.82 Å². The summed E-state index contributed by atoms with van der Waals surface area (Å²) in [4.78, 5) is 17.2. The minimum atomic E-state index is -3.79. The van der Waals surface area contributed by atoms with Crippen molar-refractivity contribution < 1.29 is 13.2 Å². The Balaban J connectivity index is 1.24. The van der Waals surface area contributed by atoms with E-state index in [0.29, 0.717) is 35.4 Å². The first-order valence-electron chi connectivity index (χ1n) is 12.2. The van der Waals surface area contributed by atoms with Crippen LogP contribution in [0.15, 0.2) is 65.6 Å². The summed E-state index contributed by atoms with van der Waals surface area (Å²) in [6.07, 6.45) is 2.26. The molecule has 0 bridgehead atoms. The van der Waals surface area contributed by atoms with E-state index in [0.717, 1.165) is 37.2 Å². The molecule has 2 heterocycles. The van der Waals surface area contributed by atoms with Crippen LogP contribution in [0.3, 0.4) is 0 Å². The summed E-state index contributed by atoms with van der Waals surface area (Å²) in [5, 5.41) is 9.84. The Bertz CT molecular complexity index is 1370. The van der Waals surface area contributed by atoms with Crippen molar-refractivity contribution in [3.63, 3.8) is 0 Å². The molecule has 11 heteroatoms. The van der Waals surface area contributed by atoms with Crippen molar-refractivity contribution in [2.45, 2.75) is 30.2 Å². The summed E-state index contributed by atoms with van der Waals surface area (Å²) in [5.41, 5.74) is 1.52. The average Bonchev–Trinajstić information content (AvgIpc) is 3.75. The molecule has 1 aliphatic carbocycles. The molecule has 0 N–H and O–H groups in total. The highest BCUT2D eigenvalue weighted by atomic mass is 35.5. The number of carbonyl (C=O) groups is 1. The first-order chi connectivity index (χ1) is 17.8. The van der Waals surface area contributed by atoms with E-state index in [1.165, 1.54) is 16.4 Å². The lowest BCUT2D eigenvalue weighted by atomic mass is 10.1. The van der Waals surface area contributed by atoms with Gasteiger partial charge < -0.3 is 9.80 Å². The fourth-order valence-corrected chi connectivity index (χ4v) is 6.44. The van der Waals surface area contributed by atoms with Crippen molar-refractivity contribution in [1.29, 1.82) is 0 Å².